The predicted octanol–water partition coefficient (Wildman–Crippen LogP) is 4.01. The number of rotatable bonds is 6. The summed E-state index contributed by atoms with van der Waals surface area (Å²) in [5.74, 6) is 1.01. The molecule has 3 N–H and O–H groups in total. The normalized spacial score (nSPS) is 20.6. The Kier molecular flexibility index (Phi) is 5.61. The second-order valence-corrected chi connectivity index (χ2v) is 8.93. The van der Waals surface area contributed by atoms with Crippen LogP contribution in [0.4, 0.5) is 5.69 Å². The summed E-state index contributed by atoms with van der Waals surface area (Å²) in [7, 11) is 0. The Morgan fingerprint density at radius 3 is 2.87 bits per heavy atom. The van der Waals surface area contributed by atoms with Gasteiger partial charge in [0.2, 0.25) is 5.91 Å². The van der Waals surface area contributed by atoms with E-state index >= 15 is 0 Å². The molecule has 3 heterocycles. The van der Waals surface area contributed by atoms with E-state index in [1.807, 2.05) is 48.7 Å². The number of likely N-dealkylation sites (tertiary alicyclic amines) is 1. The van der Waals surface area contributed by atoms with E-state index in [-0.39, 0.29) is 24.3 Å². The molecule has 162 valence electrons. The number of fused-ring (bicyclic) bond motifs is 2. The van der Waals surface area contributed by atoms with Crippen LogP contribution in [0.3, 0.4) is 0 Å². The number of aliphatic hydroxyl groups is 1. The van der Waals surface area contributed by atoms with Crippen molar-refractivity contribution in [3.8, 4) is 5.75 Å². The van der Waals surface area contributed by atoms with Crippen molar-refractivity contribution in [1.82, 2.24) is 9.88 Å². The minimum absolute atomic E-state index is 0.0723. The van der Waals surface area contributed by atoms with Crippen molar-refractivity contribution in [3.05, 3.63) is 59.2 Å². The molecule has 1 amide bonds. The van der Waals surface area contributed by atoms with Crippen LogP contribution in [0.15, 0.2) is 48.7 Å². The first kappa shape index (κ1) is 20.4. The molecule has 7 heteroatoms. The number of H-pyrrole nitrogens is 1. The Labute approximate surface area is 186 Å². The monoisotopic (exact) mass is 439 g/mol. The van der Waals surface area contributed by atoms with Gasteiger partial charge in [0.15, 0.2) is 0 Å². The van der Waals surface area contributed by atoms with E-state index in [9.17, 15) is 9.90 Å². The summed E-state index contributed by atoms with van der Waals surface area (Å²) in [6.45, 7) is 2.53. The van der Waals surface area contributed by atoms with Crippen molar-refractivity contribution in [2.45, 2.75) is 24.9 Å². The third kappa shape index (κ3) is 4.15. The fourth-order valence-corrected chi connectivity index (χ4v) is 5.09. The van der Waals surface area contributed by atoms with Gasteiger partial charge < -0.3 is 25.0 Å². The molecule has 0 radical (unpaired) electrons. The molecular formula is C24H26ClN3O3. The molecule has 1 unspecified atom stereocenters. The van der Waals surface area contributed by atoms with Gasteiger partial charge in [-0.3, -0.25) is 4.79 Å². The number of β-amino-alcohol motifs (C(OH)–C–C–N with tert-alkyl or cyclic N) is 1. The van der Waals surface area contributed by atoms with E-state index < -0.39 is 6.10 Å². The maximum Gasteiger partial charge on any atom is 0.232 e. The number of hydrogen-bond donors (Lipinski definition) is 3. The molecule has 2 aliphatic rings. The number of aliphatic hydroxyl groups excluding tert-OH is 1. The SMILES string of the molecule is O=C1Nc2ccc(Cl)cc2C1C1CCN(C[C@H](O)COc2cccc3[nH]ccc23)CC1. The number of aromatic amines is 1. The summed E-state index contributed by atoms with van der Waals surface area (Å²) in [5.41, 5.74) is 2.92. The third-order valence-electron chi connectivity index (χ3n) is 6.45. The second-order valence-electron chi connectivity index (χ2n) is 8.50. The van der Waals surface area contributed by atoms with Crippen molar-refractivity contribution < 1.29 is 14.6 Å². The van der Waals surface area contributed by atoms with Crippen LogP contribution in [0, 0.1) is 5.92 Å². The van der Waals surface area contributed by atoms with Crippen LogP contribution in [-0.4, -0.2) is 53.2 Å². The molecule has 0 aliphatic carbocycles. The fourth-order valence-electron chi connectivity index (χ4n) is 4.91. The van der Waals surface area contributed by atoms with Gasteiger partial charge in [-0.05, 0) is 73.8 Å². The first-order valence-corrected chi connectivity index (χ1v) is 11.2. The van der Waals surface area contributed by atoms with Crippen LogP contribution in [0.5, 0.6) is 5.75 Å². The van der Waals surface area contributed by atoms with E-state index in [2.05, 4.69) is 15.2 Å². The number of piperidine rings is 1. The molecule has 0 bridgehead atoms. The molecule has 1 aromatic heterocycles. The van der Waals surface area contributed by atoms with Gasteiger partial charge in [-0.25, -0.2) is 0 Å². The first-order chi connectivity index (χ1) is 15.1. The highest BCUT2D eigenvalue weighted by atomic mass is 35.5. The molecule has 1 saturated heterocycles. The van der Waals surface area contributed by atoms with E-state index in [4.69, 9.17) is 16.3 Å². The van der Waals surface area contributed by atoms with Crippen LogP contribution in [0.25, 0.3) is 10.9 Å². The number of amides is 1. The van der Waals surface area contributed by atoms with Crippen LogP contribution in [0.2, 0.25) is 5.02 Å². The Bertz CT molecular complexity index is 1090. The van der Waals surface area contributed by atoms with Crippen molar-refractivity contribution in [2.24, 2.45) is 5.92 Å². The summed E-state index contributed by atoms with van der Waals surface area (Å²) in [4.78, 5) is 18.0. The van der Waals surface area contributed by atoms with E-state index in [0.717, 1.165) is 53.8 Å². The van der Waals surface area contributed by atoms with E-state index in [1.165, 1.54) is 0 Å². The molecule has 2 aromatic carbocycles. The topological polar surface area (TPSA) is 77.6 Å². The highest BCUT2D eigenvalue weighted by Crippen LogP contribution is 2.42. The smallest absolute Gasteiger partial charge is 0.232 e. The summed E-state index contributed by atoms with van der Waals surface area (Å²) in [5, 5.41) is 15.2. The lowest BCUT2D eigenvalue weighted by atomic mass is 9.80. The number of benzene rings is 2. The zero-order valence-electron chi connectivity index (χ0n) is 17.2. The number of nitrogens with zero attached hydrogens (tertiary/aromatic N) is 1. The van der Waals surface area contributed by atoms with Gasteiger partial charge in [0.1, 0.15) is 18.5 Å². The van der Waals surface area contributed by atoms with Gasteiger partial charge in [-0.15, -0.1) is 0 Å². The summed E-state index contributed by atoms with van der Waals surface area (Å²) in [6, 6.07) is 13.5. The number of carbonyl (C=O) groups is 1. The number of nitrogens with one attached hydrogen (secondary N) is 2. The molecule has 6 nitrogen and oxygen atoms in total. The quantitative estimate of drug-likeness (QED) is 0.542. The number of aromatic nitrogens is 1. The number of anilines is 1. The number of ether oxygens (including phenoxy) is 1. The lowest BCUT2D eigenvalue weighted by molar-refractivity contribution is -0.118. The van der Waals surface area contributed by atoms with Crippen LogP contribution in [0.1, 0.15) is 24.3 Å². The molecular weight excluding hydrogens is 414 g/mol. The first-order valence-electron chi connectivity index (χ1n) is 10.8. The summed E-state index contributed by atoms with van der Waals surface area (Å²) < 4.78 is 5.89. The van der Waals surface area contributed by atoms with Gasteiger partial charge in [0.05, 0.1) is 5.92 Å². The van der Waals surface area contributed by atoms with Crippen LogP contribution in [-0.2, 0) is 4.79 Å². The van der Waals surface area contributed by atoms with Gasteiger partial charge in [-0.2, -0.15) is 0 Å². The second kappa shape index (κ2) is 8.54. The van der Waals surface area contributed by atoms with Gasteiger partial charge in [0.25, 0.3) is 0 Å². The van der Waals surface area contributed by atoms with Crippen LogP contribution >= 0.6 is 11.6 Å². The molecule has 3 aromatic rings. The van der Waals surface area contributed by atoms with Crippen molar-refractivity contribution in [2.75, 3.05) is 31.6 Å². The van der Waals surface area contributed by atoms with Crippen molar-refractivity contribution in [3.63, 3.8) is 0 Å². The molecule has 2 atom stereocenters. The summed E-state index contributed by atoms with van der Waals surface area (Å²) >= 11 is 6.17. The largest absolute Gasteiger partial charge is 0.490 e. The number of hydrogen-bond acceptors (Lipinski definition) is 4. The number of halogens is 1. The third-order valence-corrected chi connectivity index (χ3v) is 6.68. The zero-order valence-corrected chi connectivity index (χ0v) is 17.9. The summed E-state index contributed by atoms with van der Waals surface area (Å²) in [6.07, 6.45) is 3.15. The van der Waals surface area contributed by atoms with Gasteiger partial charge in [-0.1, -0.05) is 17.7 Å². The maximum absolute atomic E-state index is 12.6. The molecule has 0 saturated carbocycles. The highest BCUT2D eigenvalue weighted by Gasteiger charge is 2.38. The molecule has 31 heavy (non-hydrogen) atoms. The van der Waals surface area contributed by atoms with Crippen LogP contribution < -0.4 is 10.1 Å². The molecule has 1 fully saturated rings. The lowest BCUT2D eigenvalue weighted by Crippen LogP contribution is -2.42. The van der Waals surface area contributed by atoms with Crippen molar-refractivity contribution in [1.29, 1.82) is 0 Å². The van der Waals surface area contributed by atoms with E-state index in [1.54, 1.807) is 0 Å². The zero-order chi connectivity index (χ0) is 21.4. The Morgan fingerprint density at radius 1 is 1.19 bits per heavy atom. The minimum Gasteiger partial charge on any atom is -0.490 e. The number of carbonyl (C=O) groups excluding carboxylic acids is 1. The highest BCUT2D eigenvalue weighted by molar-refractivity contribution is 6.31. The molecule has 0 spiro atoms. The Morgan fingerprint density at radius 2 is 2.03 bits per heavy atom. The van der Waals surface area contributed by atoms with Gasteiger partial charge >= 0.3 is 0 Å². The predicted molar refractivity (Wildman–Crippen MR) is 122 cm³/mol. The molecule has 5 rings (SSSR count). The van der Waals surface area contributed by atoms with E-state index in [0.29, 0.717) is 11.6 Å². The standard InChI is InChI=1S/C24H26ClN3O3/c25-16-4-5-21-19(12-16)23(24(30)27-21)15-7-10-28(11-8-15)13-17(29)14-31-22-3-1-2-20-18(22)6-9-26-20/h1-6,9,12,15,17,23,26,29H,7-8,10-11,13-14H2,(H,27,30)/t17-,23?/m0/s1. The van der Waals surface area contributed by atoms with Gasteiger partial charge in [0, 0.05) is 34.4 Å². The Balaban J connectivity index is 1.14. The fraction of sp³-hybridized carbons (Fsp3) is 0.375. The lowest BCUT2D eigenvalue weighted by Gasteiger charge is -2.35. The molecule has 2 aliphatic heterocycles. The van der Waals surface area contributed by atoms with Crippen molar-refractivity contribution >= 4 is 34.1 Å². The Hall–Kier alpha value is -2.54. The average Bonchev–Trinajstić information content (AvgIpc) is 3.37. The minimum atomic E-state index is -0.569. The average molecular weight is 440 g/mol. The maximum atomic E-state index is 12.6.